The summed E-state index contributed by atoms with van der Waals surface area (Å²) >= 11 is 0. The van der Waals surface area contributed by atoms with Crippen molar-refractivity contribution in [1.82, 2.24) is 14.9 Å². The Kier molecular flexibility index (Phi) is 17.1. The molecule has 6 rings (SSSR count). The van der Waals surface area contributed by atoms with Gasteiger partial charge in [0.25, 0.3) is 5.91 Å². The average molecular weight is 971 g/mol. The number of halogens is 6. The molecule has 352 valence electrons. The van der Waals surface area contributed by atoms with Crippen molar-refractivity contribution >= 4 is 41.7 Å². The maximum Gasteiger partial charge on any atom is 0.425 e. The van der Waals surface area contributed by atoms with Gasteiger partial charge in [0.2, 0.25) is 0 Å². The van der Waals surface area contributed by atoms with Crippen molar-refractivity contribution < 1.29 is 85.6 Å². The van der Waals surface area contributed by atoms with Crippen LogP contribution in [-0.4, -0.2) is 105 Å². The van der Waals surface area contributed by atoms with Gasteiger partial charge in [-0.1, -0.05) is 6.07 Å². The van der Waals surface area contributed by atoms with E-state index in [9.17, 15) is 52.8 Å². The number of carbonyl (C=O) groups is 2. The van der Waals surface area contributed by atoms with E-state index in [1.54, 1.807) is 6.20 Å². The smallest absolute Gasteiger partial charge is 0.425 e. The molecule has 0 saturated carbocycles. The molecule has 2 aromatic heterocycles. The summed E-state index contributed by atoms with van der Waals surface area (Å²) in [6, 6.07) is 10.00. The van der Waals surface area contributed by atoms with Gasteiger partial charge in [-0.25, -0.2) is 30.0 Å². The number of hydrogen-bond donors (Lipinski definition) is 2. The third kappa shape index (κ3) is 16.0. The van der Waals surface area contributed by atoms with Crippen LogP contribution in [-0.2, 0) is 56.0 Å². The minimum Gasteiger partial charge on any atom is -0.748 e. The van der Waals surface area contributed by atoms with Crippen LogP contribution in [0.1, 0.15) is 68.2 Å². The van der Waals surface area contributed by atoms with Crippen molar-refractivity contribution in [3.05, 3.63) is 106 Å². The Balaban J connectivity index is 0.000000266. The predicted molar refractivity (Wildman–Crippen MR) is 215 cm³/mol. The molecule has 0 unspecified atom stereocenters. The number of carboxylic acid groups (broad SMARTS) is 1. The summed E-state index contributed by atoms with van der Waals surface area (Å²) in [5.41, 5.74) is 5.51. The van der Waals surface area contributed by atoms with Gasteiger partial charge in [-0.15, -0.1) is 0 Å². The van der Waals surface area contributed by atoms with E-state index < -0.39 is 77.5 Å². The molecule has 2 atom stereocenters. The number of benzene rings is 2. The number of hydrogen-bond acceptors (Lipinski definition) is 13. The number of amides is 1. The number of pyridine rings is 2. The second kappa shape index (κ2) is 20.6. The number of quaternary nitrogens is 1. The first-order chi connectivity index (χ1) is 29.1. The lowest BCUT2D eigenvalue weighted by molar-refractivity contribution is -0.676. The third-order valence-corrected chi connectivity index (χ3v) is 11.1. The van der Waals surface area contributed by atoms with E-state index in [1.807, 2.05) is 19.2 Å². The fraction of sp³-hybridized carbons (Fsp3) is 0.385. The summed E-state index contributed by atoms with van der Waals surface area (Å²) in [7, 11) is -11.3. The number of sulfone groups is 2. The Morgan fingerprint density at radius 2 is 1.12 bits per heavy atom. The highest BCUT2D eigenvalue weighted by Gasteiger charge is 2.40. The first-order valence-corrected chi connectivity index (χ1v) is 24.0. The van der Waals surface area contributed by atoms with Crippen LogP contribution in [0.3, 0.4) is 0 Å². The van der Waals surface area contributed by atoms with Crippen LogP contribution < -0.4 is 14.8 Å². The van der Waals surface area contributed by atoms with Gasteiger partial charge < -0.3 is 29.3 Å². The van der Waals surface area contributed by atoms with Gasteiger partial charge in [0.15, 0.2) is 31.9 Å². The van der Waals surface area contributed by atoms with E-state index in [-0.39, 0.29) is 34.2 Å². The maximum atomic E-state index is 13.1. The summed E-state index contributed by atoms with van der Waals surface area (Å²) < 4.78 is 159. The van der Waals surface area contributed by atoms with Gasteiger partial charge in [0.05, 0.1) is 37.7 Å². The largest absolute Gasteiger partial charge is 0.748 e. The zero-order valence-electron chi connectivity index (χ0n) is 35.1. The Labute approximate surface area is 365 Å². The first-order valence-electron chi connectivity index (χ1n) is 18.4. The Morgan fingerprint density at radius 3 is 1.56 bits per heavy atom. The fourth-order valence-corrected chi connectivity index (χ4v) is 6.90. The summed E-state index contributed by atoms with van der Waals surface area (Å²) in [5.74, 6) is -3.09. The van der Waals surface area contributed by atoms with E-state index in [2.05, 4.69) is 33.0 Å². The summed E-state index contributed by atoms with van der Waals surface area (Å²) in [5, 5.41) is 11.2. The number of rotatable bonds is 8. The van der Waals surface area contributed by atoms with Gasteiger partial charge in [-0.3, -0.25) is 14.8 Å². The van der Waals surface area contributed by atoms with E-state index in [0.29, 0.717) is 11.9 Å². The molecule has 64 heavy (non-hydrogen) atoms. The van der Waals surface area contributed by atoms with Crippen LogP contribution in [0.25, 0.3) is 0 Å². The lowest BCUT2D eigenvalue weighted by Crippen LogP contribution is -2.77. The molecule has 0 fully saturated rings. The molecule has 0 spiro atoms. The van der Waals surface area contributed by atoms with Crippen molar-refractivity contribution in [3.63, 3.8) is 0 Å². The number of aromatic carboxylic acids is 1. The second-order valence-electron chi connectivity index (χ2n) is 14.6. The quantitative estimate of drug-likeness (QED) is 0.182. The first kappa shape index (κ1) is 53.0. The summed E-state index contributed by atoms with van der Waals surface area (Å²) in [6.45, 7) is 8.06. The molecule has 16 nitrogen and oxygen atoms in total. The lowest BCUT2D eigenvalue weighted by atomic mass is 10.1. The lowest BCUT2D eigenvalue weighted by Gasteiger charge is -2.22. The van der Waals surface area contributed by atoms with Crippen molar-refractivity contribution in [3.8, 4) is 11.5 Å². The zero-order valence-corrected chi connectivity index (χ0v) is 37.6. The number of aryl methyl sites for hydroxylation is 2. The minimum absolute atomic E-state index is 0.172. The molecule has 2 aromatic carbocycles. The Morgan fingerprint density at radius 1 is 0.703 bits per heavy atom. The highest BCUT2D eigenvalue weighted by molar-refractivity contribution is 7.91. The Bertz CT molecular complexity index is 2690. The number of carbonyl (C=O) groups excluding carboxylic acids is 1. The minimum atomic E-state index is -4.66. The SMILES string of the molecule is CS(=O)(=O)[O-].C[C@H](Oc1ccc(S(C)(=O)=O)cc1C(=O)O)C(F)(F)F.Cc1cnc2c(c1)CN(C(=O)c1cc(S(C)(=O)=O)ccc1O[C@@H](C)C(F)(F)F)C2.Cc1cnc2c(c1)C[NH2+]C2. The van der Waals surface area contributed by atoms with Crippen LogP contribution >= 0.6 is 0 Å². The predicted octanol–water partition coefficient (Wildman–Crippen LogP) is 4.53. The van der Waals surface area contributed by atoms with Gasteiger partial charge in [0, 0.05) is 43.3 Å². The molecule has 1 amide bonds. The average Bonchev–Trinajstić information content (AvgIpc) is 3.79. The highest BCUT2D eigenvalue weighted by atomic mass is 32.2. The van der Waals surface area contributed by atoms with E-state index in [0.717, 1.165) is 87.0 Å². The van der Waals surface area contributed by atoms with E-state index in [1.165, 1.54) is 21.7 Å². The van der Waals surface area contributed by atoms with Gasteiger partial charge in [0.1, 0.15) is 35.8 Å². The molecule has 0 aliphatic carbocycles. The van der Waals surface area contributed by atoms with Crippen LogP contribution in [0.4, 0.5) is 26.3 Å². The standard InChI is InChI=1S/C19H19F3N2O4S.C11H11F3O5S.C8H10N2.CH4O3S/c1-11-6-13-9-24(10-16(13)23-8-11)18(25)15-7-14(29(3,26)27)4-5-17(15)28-12(2)19(20,21)22;1-6(11(12,13)14)19-9-4-3-7(20(2,17)18)5-8(9)10(15)16;1-6-2-7-4-9-5-8(7)10-3-6;1-5(2,3)4/h4-8,12H,9-10H2,1-3H3;3-6H,1-2H3,(H,15,16);2-3,9H,4-5H2,1H3;1H3,(H,2,3,4)/t12-;6-;;/m00../s1. The number of fused-ring (bicyclic) bond motifs is 2. The zero-order chi connectivity index (χ0) is 48.7. The van der Waals surface area contributed by atoms with Crippen LogP contribution in [0, 0.1) is 13.8 Å². The molecule has 2 aliphatic heterocycles. The van der Waals surface area contributed by atoms with Crippen LogP contribution in [0.15, 0.2) is 70.7 Å². The molecule has 0 radical (unpaired) electrons. The summed E-state index contributed by atoms with van der Waals surface area (Å²) in [4.78, 5) is 33.5. The number of nitrogens with two attached hydrogens (primary N) is 1. The van der Waals surface area contributed by atoms with E-state index >= 15 is 0 Å². The van der Waals surface area contributed by atoms with Crippen molar-refractivity contribution in [2.45, 2.75) is 88.2 Å². The molecular formula is C39H44F6N4O12S3. The molecule has 4 heterocycles. The van der Waals surface area contributed by atoms with Crippen LogP contribution in [0.5, 0.6) is 11.5 Å². The van der Waals surface area contributed by atoms with Crippen molar-refractivity contribution in [2.24, 2.45) is 0 Å². The second-order valence-corrected chi connectivity index (χ2v) is 20.0. The number of aromatic nitrogens is 2. The fourth-order valence-electron chi connectivity index (χ4n) is 5.61. The third-order valence-electron chi connectivity index (χ3n) is 8.83. The molecule has 3 N–H and O–H groups in total. The molecule has 25 heteroatoms. The molecule has 0 saturated heterocycles. The highest BCUT2D eigenvalue weighted by Crippen LogP contribution is 2.33. The Hall–Kier alpha value is -5.37. The van der Waals surface area contributed by atoms with Gasteiger partial charge in [-0.05, 0) is 86.8 Å². The van der Waals surface area contributed by atoms with Crippen molar-refractivity contribution in [1.29, 1.82) is 0 Å². The number of carboxylic acids is 1. The monoisotopic (exact) mass is 970 g/mol. The molecule has 4 aromatic rings. The topological polar surface area (TPSA) is 244 Å². The number of nitrogens with zero attached hydrogens (tertiary/aromatic N) is 3. The maximum absolute atomic E-state index is 13.1. The van der Waals surface area contributed by atoms with Gasteiger partial charge in [-0.2, -0.15) is 26.3 Å². The van der Waals surface area contributed by atoms with Gasteiger partial charge >= 0.3 is 18.3 Å². The number of alkyl halides is 6. The summed E-state index contributed by atoms with van der Waals surface area (Å²) in [6.07, 6.45) is -7.67. The molecule has 2 aliphatic rings. The van der Waals surface area contributed by atoms with E-state index in [4.69, 9.17) is 22.8 Å². The van der Waals surface area contributed by atoms with Crippen LogP contribution in [0.2, 0.25) is 0 Å². The molecule has 0 bridgehead atoms. The van der Waals surface area contributed by atoms with Crippen molar-refractivity contribution in [2.75, 3.05) is 18.8 Å². The normalized spacial score (nSPS) is 14.5. The molecular weight excluding hydrogens is 927 g/mol. The number of ether oxygens (including phenoxy) is 2.